The molecule has 2 aromatic heterocycles. The van der Waals surface area contributed by atoms with Crippen molar-refractivity contribution in [1.29, 1.82) is 0 Å². The van der Waals surface area contributed by atoms with Crippen molar-refractivity contribution in [1.82, 2.24) is 25.1 Å². The van der Waals surface area contributed by atoms with E-state index in [2.05, 4.69) is 46.6 Å². The molecule has 3 aromatic rings. The predicted molar refractivity (Wildman–Crippen MR) is 118 cm³/mol. The zero-order valence-corrected chi connectivity index (χ0v) is 18.8. The molecule has 1 fully saturated rings. The molecule has 4 rings (SSSR count). The van der Waals surface area contributed by atoms with Crippen molar-refractivity contribution >= 4 is 17.4 Å². The molecule has 1 aromatic carbocycles. The van der Waals surface area contributed by atoms with Gasteiger partial charge in [-0.1, -0.05) is 38.1 Å². The lowest BCUT2D eigenvalue weighted by Gasteiger charge is -2.32. The molecular formula is C23H27F3N6O. The van der Waals surface area contributed by atoms with Crippen molar-refractivity contribution in [2.45, 2.75) is 51.7 Å². The minimum atomic E-state index is -4.64. The van der Waals surface area contributed by atoms with Crippen molar-refractivity contribution in [3.63, 3.8) is 0 Å². The number of hydrogen-bond donors (Lipinski definition) is 1. The average Bonchev–Trinajstić information content (AvgIpc) is 3.23. The van der Waals surface area contributed by atoms with Crippen LogP contribution in [0.15, 0.2) is 36.4 Å². The number of halogens is 3. The maximum Gasteiger partial charge on any atom is 0.453 e. The molecule has 1 aliphatic heterocycles. The van der Waals surface area contributed by atoms with Crippen LogP contribution in [-0.2, 0) is 11.0 Å². The molecule has 0 radical (unpaired) electrons. The Morgan fingerprint density at radius 2 is 1.64 bits per heavy atom. The molecule has 10 heteroatoms. The lowest BCUT2D eigenvalue weighted by atomic mass is 9.94. The summed E-state index contributed by atoms with van der Waals surface area (Å²) in [5.41, 5.74) is 2.35. The highest BCUT2D eigenvalue weighted by Gasteiger charge is 2.38. The van der Waals surface area contributed by atoms with Crippen LogP contribution in [0, 0.1) is 5.92 Å². The number of nitrogens with one attached hydrogen (secondary N) is 1. The van der Waals surface area contributed by atoms with Gasteiger partial charge < -0.3 is 10.2 Å². The molecule has 0 bridgehead atoms. The summed E-state index contributed by atoms with van der Waals surface area (Å²) in [6.07, 6.45) is -3.44. The summed E-state index contributed by atoms with van der Waals surface area (Å²) in [5.74, 6) is -0.441. The van der Waals surface area contributed by atoms with Gasteiger partial charge in [0, 0.05) is 19.0 Å². The van der Waals surface area contributed by atoms with E-state index in [1.54, 1.807) is 6.07 Å². The number of fused-ring (bicyclic) bond motifs is 1. The topological polar surface area (TPSA) is 75.4 Å². The second kappa shape index (κ2) is 8.99. The Balaban J connectivity index is 1.37. The SMILES string of the molecule is CC(C)c1ccc(C(C)NC(=O)C2CCN(c3ccc4nnc(C(F)(F)F)n4n3)CC2)cc1. The van der Waals surface area contributed by atoms with Crippen LogP contribution >= 0.6 is 0 Å². The van der Waals surface area contributed by atoms with E-state index in [4.69, 9.17) is 0 Å². The zero-order chi connectivity index (χ0) is 23.8. The van der Waals surface area contributed by atoms with Crippen LogP contribution in [0.3, 0.4) is 0 Å². The van der Waals surface area contributed by atoms with Crippen LogP contribution in [0.1, 0.15) is 62.5 Å². The third-order valence-corrected chi connectivity index (χ3v) is 6.15. The number of carbonyl (C=O) groups is 1. The van der Waals surface area contributed by atoms with Gasteiger partial charge in [-0.15, -0.1) is 15.3 Å². The minimum absolute atomic E-state index is 0.00309. The van der Waals surface area contributed by atoms with Crippen LogP contribution in [-0.4, -0.2) is 38.8 Å². The first-order valence-corrected chi connectivity index (χ1v) is 11.1. The first-order chi connectivity index (χ1) is 15.6. The lowest BCUT2D eigenvalue weighted by molar-refractivity contribution is -0.146. The van der Waals surface area contributed by atoms with Gasteiger partial charge in [0.25, 0.3) is 5.82 Å². The summed E-state index contributed by atoms with van der Waals surface area (Å²) in [6.45, 7) is 7.30. The Hall–Kier alpha value is -3.17. The van der Waals surface area contributed by atoms with Gasteiger partial charge in [-0.05, 0) is 48.9 Å². The van der Waals surface area contributed by atoms with E-state index >= 15 is 0 Å². The van der Waals surface area contributed by atoms with Crippen LogP contribution in [0.25, 0.3) is 5.65 Å². The minimum Gasteiger partial charge on any atom is -0.355 e. The fraction of sp³-hybridized carbons (Fsp3) is 0.478. The molecule has 1 unspecified atom stereocenters. The molecule has 0 saturated carbocycles. The van der Waals surface area contributed by atoms with E-state index in [9.17, 15) is 18.0 Å². The highest BCUT2D eigenvalue weighted by Crippen LogP contribution is 2.29. The monoisotopic (exact) mass is 460 g/mol. The fourth-order valence-electron chi connectivity index (χ4n) is 4.08. The van der Waals surface area contributed by atoms with Gasteiger partial charge in [-0.2, -0.15) is 17.7 Å². The summed E-state index contributed by atoms with van der Waals surface area (Å²) >= 11 is 0. The van der Waals surface area contributed by atoms with Gasteiger partial charge in [0.2, 0.25) is 5.91 Å². The van der Waals surface area contributed by atoms with E-state index in [0.29, 0.717) is 37.7 Å². The molecule has 1 aliphatic rings. The van der Waals surface area contributed by atoms with Crippen LogP contribution < -0.4 is 10.2 Å². The van der Waals surface area contributed by atoms with Crippen molar-refractivity contribution in [2.24, 2.45) is 5.92 Å². The summed E-state index contributed by atoms with van der Waals surface area (Å²) in [4.78, 5) is 14.7. The Morgan fingerprint density at radius 3 is 2.24 bits per heavy atom. The van der Waals surface area contributed by atoms with E-state index < -0.39 is 12.0 Å². The molecule has 33 heavy (non-hydrogen) atoms. The predicted octanol–water partition coefficient (Wildman–Crippen LogP) is 4.36. The number of rotatable bonds is 5. The molecule has 0 aliphatic carbocycles. The van der Waals surface area contributed by atoms with Gasteiger partial charge in [0.05, 0.1) is 6.04 Å². The first-order valence-electron chi connectivity index (χ1n) is 11.1. The molecule has 1 N–H and O–H groups in total. The third-order valence-electron chi connectivity index (χ3n) is 6.15. The molecule has 1 amide bonds. The van der Waals surface area contributed by atoms with E-state index in [0.717, 1.165) is 10.1 Å². The molecular weight excluding hydrogens is 433 g/mol. The van der Waals surface area contributed by atoms with Gasteiger partial charge in [-0.3, -0.25) is 4.79 Å². The molecule has 176 valence electrons. The van der Waals surface area contributed by atoms with Gasteiger partial charge >= 0.3 is 6.18 Å². The number of amides is 1. The summed E-state index contributed by atoms with van der Waals surface area (Å²) < 4.78 is 40.1. The van der Waals surface area contributed by atoms with Crippen molar-refractivity contribution in [2.75, 3.05) is 18.0 Å². The van der Waals surface area contributed by atoms with Gasteiger partial charge in [0.1, 0.15) is 5.82 Å². The maximum atomic E-state index is 13.1. The smallest absolute Gasteiger partial charge is 0.355 e. The standard InChI is InChI=1S/C23H27F3N6O/c1-14(2)16-4-6-17(7-5-16)15(3)27-21(33)18-10-12-31(13-11-18)20-9-8-19-28-29-22(23(24,25)26)32(19)30-20/h4-9,14-15,18H,10-13H2,1-3H3,(H,27,33). The fourth-order valence-corrected chi connectivity index (χ4v) is 4.08. The second-order valence-electron chi connectivity index (χ2n) is 8.80. The number of anilines is 1. The Kier molecular flexibility index (Phi) is 6.27. The summed E-state index contributed by atoms with van der Waals surface area (Å²) in [5, 5.41) is 13.9. The van der Waals surface area contributed by atoms with E-state index in [-0.39, 0.29) is 23.5 Å². The number of nitrogens with zero attached hydrogens (tertiary/aromatic N) is 5. The van der Waals surface area contributed by atoms with Crippen molar-refractivity contribution in [3.8, 4) is 0 Å². The quantitative estimate of drug-likeness (QED) is 0.612. The second-order valence-corrected chi connectivity index (χ2v) is 8.80. The molecule has 1 saturated heterocycles. The summed E-state index contributed by atoms with van der Waals surface area (Å²) in [6, 6.07) is 11.3. The molecule has 0 spiro atoms. The first kappa shape index (κ1) is 23.0. The highest BCUT2D eigenvalue weighted by molar-refractivity contribution is 5.79. The number of hydrogen-bond acceptors (Lipinski definition) is 5. The van der Waals surface area contributed by atoms with E-state index in [1.807, 2.05) is 24.0 Å². The largest absolute Gasteiger partial charge is 0.453 e. The van der Waals surface area contributed by atoms with Crippen molar-refractivity contribution in [3.05, 3.63) is 53.3 Å². The number of benzene rings is 1. The third kappa shape index (κ3) is 4.94. The Labute approximate surface area is 190 Å². The highest BCUT2D eigenvalue weighted by atomic mass is 19.4. The number of piperidine rings is 1. The molecule has 3 heterocycles. The Morgan fingerprint density at radius 1 is 1.00 bits per heavy atom. The summed E-state index contributed by atoms with van der Waals surface area (Å²) in [7, 11) is 0. The van der Waals surface area contributed by atoms with E-state index in [1.165, 1.54) is 11.6 Å². The number of alkyl halides is 3. The van der Waals surface area contributed by atoms with Crippen LogP contribution in [0.5, 0.6) is 0 Å². The van der Waals surface area contributed by atoms with Crippen LogP contribution in [0.2, 0.25) is 0 Å². The van der Waals surface area contributed by atoms with Crippen LogP contribution in [0.4, 0.5) is 19.0 Å². The average molecular weight is 461 g/mol. The van der Waals surface area contributed by atoms with Gasteiger partial charge in [-0.25, -0.2) is 0 Å². The maximum absolute atomic E-state index is 13.1. The molecule has 7 nitrogen and oxygen atoms in total. The normalized spacial score (nSPS) is 16.4. The number of aromatic nitrogens is 4. The Bertz CT molecular complexity index is 1120. The zero-order valence-electron chi connectivity index (χ0n) is 18.8. The molecule has 1 atom stereocenters. The lowest BCUT2D eigenvalue weighted by Crippen LogP contribution is -2.41. The van der Waals surface area contributed by atoms with Crippen molar-refractivity contribution < 1.29 is 18.0 Å². The van der Waals surface area contributed by atoms with Gasteiger partial charge in [0.15, 0.2) is 5.65 Å². The number of carbonyl (C=O) groups excluding carboxylic acids is 1.